The van der Waals surface area contributed by atoms with Crippen LogP contribution < -0.4 is 15.0 Å². The number of likely N-dealkylation sites (tertiary alicyclic amines) is 1. The average molecular weight is 481 g/mol. The van der Waals surface area contributed by atoms with Crippen molar-refractivity contribution in [2.45, 2.75) is 38.6 Å². The highest BCUT2D eigenvalue weighted by Gasteiger charge is 2.22. The summed E-state index contributed by atoms with van der Waals surface area (Å²) in [4.78, 5) is 14.7. The van der Waals surface area contributed by atoms with E-state index < -0.39 is 0 Å². The molecule has 0 unspecified atom stereocenters. The third-order valence-electron chi connectivity index (χ3n) is 5.72. The number of methoxy groups -OCH3 is 1. The van der Waals surface area contributed by atoms with Crippen molar-refractivity contribution in [2.24, 2.45) is 0 Å². The van der Waals surface area contributed by atoms with Crippen LogP contribution in [0.2, 0.25) is 0 Å². The zero-order chi connectivity index (χ0) is 18.8. The number of rotatable bonds is 5. The van der Waals surface area contributed by atoms with Gasteiger partial charge in [-0.2, -0.15) is 4.98 Å². The Bertz CT molecular complexity index is 801. The smallest absolute Gasteiger partial charge is 0.227 e. The lowest BCUT2D eigenvalue weighted by Gasteiger charge is -2.32. The molecular formula is C20H28IN5O. The third-order valence-corrected chi connectivity index (χ3v) is 6.57. The Labute approximate surface area is 174 Å². The zero-order valence-corrected chi connectivity index (χ0v) is 18.3. The molecule has 146 valence electrons. The monoisotopic (exact) mass is 481 g/mol. The minimum atomic E-state index is 0.461. The van der Waals surface area contributed by atoms with Crippen LogP contribution in [0.4, 0.5) is 11.8 Å². The van der Waals surface area contributed by atoms with Crippen LogP contribution in [0, 0.1) is 3.57 Å². The van der Waals surface area contributed by atoms with Gasteiger partial charge in [-0.05, 0) is 67.0 Å². The SMILES string of the molecule is CCN1CCC(Nc2nc(N3CCCC3)nc3cc(I)c(OC)cc23)CC1. The van der Waals surface area contributed by atoms with Crippen molar-refractivity contribution in [2.75, 3.05) is 50.1 Å². The van der Waals surface area contributed by atoms with Gasteiger partial charge in [-0.1, -0.05) is 6.92 Å². The number of hydrogen-bond acceptors (Lipinski definition) is 6. The molecule has 0 spiro atoms. The number of hydrogen-bond donors (Lipinski definition) is 1. The fraction of sp³-hybridized carbons (Fsp3) is 0.600. The van der Waals surface area contributed by atoms with E-state index in [4.69, 9.17) is 14.7 Å². The van der Waals surface area contributed by atoms with Crippen LogP contribution in [0.1, 0.15) is 32.6 Å². The van der Waals surface area contributed by atoms with Gasteiger partial charge in [0.2, 0.25) is 5.95 Å². The van der Waals surface area contributed by atoms with Gasteiger partial charge in [-0.3, -0.25) is 0 Å². The second kappa shape index (κ2) is 8.34. The first-order chi connectivity index (χ1) is 13.2. The van der Waals surface area contributed by atoms with E-state index in [1.54, 1.807) is 7.11 Å². The summed E-state index contributed by atoms with van der Waals surface area (Å²) >= 11 is 2.32. The molecule has 1 N–H and O–H groups in total. The first kappa shape index (κ1) is 19.0. The van der Waals surface area contributed by atoms with Crippen LogP contribution in [0.25, 0.3) is 10.9 Å². The maximum atomic E-state index is 5.55. The molecule has 3 heterocycles. The summed E-state index contributed by atoms with van der Waals surface area (Å²) in [5, 5.41) is 4.79. The number of halogens is 1. The Balaban J connectivity index is 1.69. The largest absolute Gasteiger partial charge is 0.496 e. The summed E-state index contributed by atoms with van der Waals surface area (Å²) < 4.78 is 6.63. The number of anilines is 2. The van der Waals surface area contributed by atoms with E-state index in [9.17, 15) is 0 Å². The zero-order valence-electron chi connectivity index (χ0n) is 16.2. The van der Waals surface area contributed by atoms with Gasteiger partial charge in [-0.15, -0.1) is 0 Å². The lowest BCUT2D eigenvalue weighted by atomic mass is 10.0. The molecule has 2 aromatic rings. The summed E-state index contributed by atoms with van der Waals surface area (Å²) in [5.74, 6) is 2.69. The van der Waals surface area contributed by atoms with E-state index in [0.29, 0.717) is 6.04 Å². The molecule has 0 saturated carbocycles. The molecule has 6 nitrogen and oxygen atoms in total. The van der Waals surface area contributed by atoms with E-state index >= 15 is 0 Å². The Kier molecular flexibility index (Phi) is 5.87. The molecule has 2 aliphatic heterocycles. The van der Waals surface area contributed by atoms with Gasteiger partial charge in [0.1, 0.15) is 11.6 Å². The molecule has 7 heteroatoms. The second-order valence-corrected chi connectivity index (χ2v) is 8.59. The van der Waals surface area contributed by atoms with Crippen molar-refractivity contribution >= 4 is 45.3 Å². The number of nitrogens with zero attached hydrogens (tertiary/aromatic N) is 4. The maximum absolute atomic E-state index is 5.55. The Morgan fingerprint density at radius 2 is 1.89 bits per heavy atom. The van der Waals surface area contributed by atoms with Crippen molar-refractivity contribution in [3.05, 3.63) is 15.7 Å². The molecule has 0 bridgehead atoms. The number of ether oxygens (including phenoxy) is 1. The summed E-state index contributed by atoms with van der Waals surface area (Å²) in [6.45, 7) is 7.77. The summed E-state index contributed by atoms with van der Waals surface area (Å²) in [6, 6.07) is 4.65. The molecule has 4 rings (SSSR count). The fourth-order valence-corrected chi connectivity index (χ4v) is 4.70. The van der Waals surface area contributed by atoms with Gasteiger partial charge >= 0.3 is 0 Å². The van der Waals surface area contributed by atoms with E-state index in [1.165, 1.54) is 12.8 Å². The molecule has 0 atom stereocenters. The molecule has 1 aromatic heterocycles. The van der Waals surface area contributed by atoms with Crippen molar-refractivity contribution in [3.63, 3.8) is 0 Å². The summed E-state index contributed by atoms with van der Waals surface area (Å²) in [7, 11) is 1.72. The topological polar surface area (TPSA) is 53.5 Å². The minimum Gasteiger partial charge on any atom is -0.496 e. The molecule has 2 fully saturated rings. The van der Waals surface area contributed by atoms with Gasteiger partial charge in [0.05, 0.1) is 16.2 Å². The first-order valence-corrected chi connectivity index (χ1v) is 11.0. The molecule has 1 aromatic carbocycles. The molecule has 2 saturated heterocycles. The highest BCUT2D eigenvalue weighted by atomic mass is 127. The van der Waals surface area contributed by atoms with Gasteiger partial charge in [0.15, 0.2) is 0 Å². The lowest BCUT2D eigenvalue weighted by Crippen LogP contribution is -2.39. The summed E-state index contributed by atoms with van der Waals surface area (Å²) in [6.07, 6.45) is 4.75. The van der Waals surface area contributed by atoms with Crippen LogP contribution in [-0.2, 0) is 0 Å². The molecule has 2 aliphatic rings. The average Bonchev–Trinajstić information content (AvgIpc) is 3.23. The van der Waals surface area contributed by atoms with Crippen LogP contribution >= 0.6 is 22.6 Å². The molecule has 27 heavy (non-hydrogen) atoms. The lowest BCUT2D eigenvalue weighted by molar-refractivity contribution is 0.229. The number of benzene rings is 1. The van der Waals surface area contributed by atoms with E-state index in [1.807, 2.05) is 0 Å². The van der Waals surface area contributed by atoms with Crippen LogP contribution in [0.5, 0.6) is 5.75 Å². The van der Waals surface area contributed by atoms with Crippen LogP contribution in [-0.4, -0.2) is 60.7 Å². The predicted octanol–water partition coefficient (Wildman–Crippen LogP) is 3.74. The standard InChI is InChI=1S/C20H28IN5O/c1-3-25-10-6-14(7-11-25)22-19-15-12-18(27-2)16(21)13-17(15)23-20(24-19)26-8-4-5-9-26/h12-14H,3-11H2,1-2H3,(H,22,23,24). The van der Waals surface area contributed by atoms with E-state index in [-0.39, 0.29) is 0 Å². The highest BCUT2D eigenvalue weighted by Crippen LogP contribution is 2.32. The Hall–Kier alpha value is -1.35. The van der Waals surface area contributed by atoms with Crippen molar-refractivity contribution < 1.29 is 4.74 Å². The van der Waals surface area contributed by atoms with Crippen molar-refractivity contribution in [1.29, 1.82) is 0 Å². The van der Waals surface area contributed by atoms with Crippen LogP contribution in [0.15, 0.2) is 12.1 Å². The van der Waals surface area contributed by atoms with Gasteiger partial charge < -0.3 is 19.9 Å². The quantitative estimate of drug-likeness (QED) is 0.657. The predicted molar refractivity (Wildman–Crippen MR) is 119 cm³/mol. The van der Waals surface area contributed by atoms with Crippen LogP contribution in [0.3, 0.4) is 0 Å². The Morgan fingerprint density at radius 3 is 2.56 bits per heavy atom. The number of nitrogens with one attached hydrogen (secondary N) is 1. The number of piperidine rings is 1. The van der Waals surface area contributed by atoms with Crippen molar-refractivity contribution in [1.82, 2.24) is 14.9 Å². The number of aromatic nitrogens is 2. The normalized spacial score (nSPS) is 19.0. The van der Waals surface area contributed by atoms with Crippen molar-refractivity contribution in [3.8, 4) is 5.75 Å². The second-order valence-electron chi connectivity index (χ2n) is 7.42. The fourth-order valence-electron chi connectivity index (χ4n) is 4.03. The highest BCUT2D eigenvalue weighted by molar-refractivity contribution is 14.1. The summed E-state index contributed by atoms with van der Waals surface area (Å²) in [5.41, 5.74) is 0.991. The first-order valence-electron chi connectivity index (χ1n) is 9.97. The maximum Gasteiger partial charge on any atom is 0.227 e. The van der Waals surface area contributed by atoms with E-state index in [2.05, 4.69) is 56.8 Å². The molecule has 0 aliphatic carbocycles. The van der Waals surface area contributed by atoms with Gasteiger partial charge in [0, 0.05) is 37.6 Å². The van der Waals surface area contributed by atoms with Gasteiger partial charge in [-0.25, -0.2) is 4.98 Å². The molecule has 0 amide bonds. The van der Waals surface area contributed by atoms with E-state index in [0.717, 1.165) is 77.6 Å². The number of fused-ring (bicyclic) bond motifs is 1. The minimum absolute atomic E-state index is 0.461. The third kappa shape index (κ3) is 4.08. The van der Waals surface area contributed by atoms with Gasteiger partial charge in [0.25, 0.3) is 0 Å². The Morgan fingerprint density at radius 1 is 1.15 bits per heavy atom. The molecule has 0 radical (unpaired) electrons. The molecular weight excluding hydrogens is 453 g/mol.